The predicted octanol–water partition coefficient (Wildman–Crippen LogP) is 4.31. The molecule has 0 atom stereocenters. The van der Waals surface area contributed by atoms with E-state index in [1.807, 2.05) is 0 Å². The van der Waals surface area contributed by atoms with E-state index in [-0.39, 0.29) is 23.1 Å². The Morgan fingerprint density at radius 3 is 2.20 bits per heavy atom. The number of alkyl halides is 3. The molecule has 2 N–H and O–H groups in total. The van der Waals surface area contributed by atoms with E-state index in [2.05, 4.69) is 10.6 Å². The molecule has 0 saturated heterocycles. The summed E-state index contributed by atoms with van der Waals surface area (Å²) >= 11 is 0. The van der Waals surface area contributed by atoms with E-state index in [1.54, 1.807) is 12.1 Å². The smallest absolute Gasteiger partial charge is 0.326 e. The van der Waals surface area contributed by atoms with Crippen LogP contribution in [-0.4, -0.2) is 11.8 Å². The fourth-order valence-electron chi connectivity index (χ4n) is 2.27. The first-order chi connectivity index (χ1) is 11.8. The number of nitrogens with one attached hydrogen (secondary N) is 2. The normalized spacial score (nSPS) is 14.0. The highest BCUT2D eigenvalue weighted by Gasteiger charge is 2.31. The Balaban J connectivity index is 1.66. The van der Waals surface area contributed by atoms with Gasteiger partial charge in [0, 0.05) is 22.9 Å². The van der Waals surface area contributed by atoms with Gasteiger partial charge in [0.2, 0.25) is 5.91 Å². The molecule has 1 aliphatic rings. The summed E-state index contributed by atoms with van der Waals surface area (Å²) in [5.41, 5.74) is 0.0868. The second-order valence-corrected chi connectivity index (χ2v) is 5.87. The van der Waals surface area contributed by atoms with Crippen molar-refractivity contribution in [3.8, 4) is 0 Å². The van der Waals surface area contributed by atoms with E-state index in [4.69, 9.17) is 0 Å². The standard InChI is InChI=1S/C18H15F3N2O2/c19-18(20,21)13-2-1-3-15(10-13)23-17(25)12-6-8-14(9-7-12)22-16(24)11-4-5-11/h1-3,6-11H,4-5H2,(H,22,24)(H,23,25). The Bertz CT molecular complexity index is 797. The minimum atomic E-state index is -4.47. The van der Waals surface area contributed by atoms with Crippen molar-refractivity contribution in [2.75, 3.05) is 10.6 Å². The number of halogens is 3. The molecule has 0 unspecified atom stereocenters. The molecule has 0 heterocycles. The number of rotatable bonds is 4. The van der Waals surface area contributed by atoms with Crippen LogP contribution in [0, 0.1) is 5.92 Å². The van der Waals surface area contributed by atoms with Gasteiger partial charge in [0.1, 0.15) is 0 Å². The summed E-state index contributed by atoms with van der Waals surface area (Å²) in [5, 5.41) is 5.18. The Labute approximate surface area is 142 Å². The molecule has 2 aromatic rings. The number of carbonyl (C=O) groups is 2. The number of amides is 2. The van der Waals surface area contributed by atoms with Gasteiger partial charge >= 0.3 is 6.18 Å². The maximum atomic E-state index is 12.7. The van der Waals surface area contributed by atoms with E-state index >= 15 is 0 Å². The lowest BCUT2D eigenvalue weighted by Crippen LogP contribution is -2.15. The van der Waals surface area contributed by atoms with Gasteiger partial charge in [-0.25, -0.2) is 0 Å². The summed E-state index contributed by atoms with van der Waals surface area (Å²) in [6.07, 6.45) is -2.69. The second kappa shape index (κ2) is 6.58. The first-order valence-electron chi connectivity index (χ1n) is 7.72. The molecule has 3 rings (SSSR count). The predicted molar refractivity (Wildman–Crippen MR) is 87.2 cm³/mol. The summed E-state index contributed by atoms with van der Waals surface area (Å²) in [6, 6.07) is 10.6. The van der Waals surface area contributed by atoms with Crippen LogP contribution in [0.25, 0.3) is 0 Å². The molecule has 4 nitrogen and oxygen atoms in total. The third-order valence-corrected chi connectivity index (χ3v) is 3.81. The van der Waals surface area contributed by atoms with Crippen LogP contribution in [0.5, 0.6) is 0 Å². The van der Waals surface area contributed by atoms with E-state index in [0.717, 1.165) is 25.0 Å². The maximum absolute atomic E-state index is 12.7. The van der Waals surface area contributed by atoms with Crippen molar-refractivity contribution in [3.63, 3.8) is 0 Å². The molecule has 1 fully saturated rings. The molecule has 2 amide bonds. The molecule has 0 radical (unpaired) electrons. The zero-order valence-corrected chi connectivity index (χ0v) is 13.1. The van der Waals surface area contributed by atoms with Crippen molar-refractivity contribution >= 4 is 23.2 Å². The zero-order chi connectivity index (χ0) is 18.0. The van der Waals surface area contributed by atoms with Crippen LogP contribution in [0.1, 0.15) is 28.8 Å². The summed E-state index contributed by atoms with van der Waals surface area (Å²) in [4.78, 5) is 23.8. The van der Waals surface area contributed by atoms with Gasteiger partial charge in [-0.15, -0.1) is 0 Å². The van der Waals surface area contributed by atoms with Crippen molar-refractivity contribution in [1.82, 2.24) is 0 Å². The minimum absolute atomic E-state index is 0.0406. The number of benzene rings is 2. The van der Waals surface area contributed by atoms with Gasteiger partial charge in [0.15, 0.2) is 0 Å². The molecular weight excluding hydrogens is 333 g/mol. The van der Waals surface area contributed by atoms with E-state index in [0.29, 0.717) is 5.69 Å². The second-order valence-electron chi connectivity index (χ2n) is 5.87. The third kappa shape index (κ3) is 4.37. The Morgan fingerprint density at radius 1 is 0.920 bits per heavy atom. The Hall–Kier alpha value is -2.83. The van der Waals surface area contributed by atoms with Gasteiger partial charge in [-0.3, -0.25) is 9.59 Å². The summed E-state index contributed by atoms with van der Waals surface area (Å²) in [7, 11) is 0. The molecule has 0 spiro atoms. The molecule has 0 aliphatic heterocycles. The van der Waals surface area contributed by atoms with Crippen LogP contribution in [0.3, 0.4) is 0 Å². The summed E-state index contributed by atoms with van der Waals surface area (Å²) in [5.74, 6) is -0.496. The lowest BCUT2D eigenvalue weighted by molar-refractivity contribution is -0.137. The van der Waals surface area contributed by atoms with Crippen LogP contribution in [0.4, 0.5) is 24.5 Å². The lowest BCUT2D eigenvalue weighted by Gasteiger charge is -2.10. The summed E-state index contributed by atoms with van der Waals surface area (Å²) < 4.78 is 38.1. The zero-order valence-electron chi connectivity index (χ0n) is 13.1. The number of anilines is 2. The average Bonchev–Trinajstić information content (AvgIpc) is 3.40. The summed E-state index contributed by atoms with van der Waals surface area (Å²) in [6.45, 7) is 0. The van der Waals surface area contributed by atoms with Crippen LogP contribution >= 0.6 is 0 Å². The molecule has 25 heavy (non-hydrogen) atoms. The molecule has 0 bridgehead atoms. The van der Waals surface area contributed by atoms with Crippen LogP contribution < -0.4 is 10.6 Å². The van der Waals surface area contributed by atoms with Crippen LogP contribution in [0.2, 0.25) is 0 Å². The van der Waals surface area contributed by atoms with Gasteiger partial charge in [-0.05, 0) is 55.3 Å². The highest BCUT2D eigenvalue weighted by molar-refractivity contribution is 6.04. The third-order valence-electron chi connectivity index (χ3n) is 3.81. The monoisotopic (exact) mass is 348 g/mol. The first kappa shape index (κ1) is 17.0. The Morgan fingerprint density at radius 2 is 1.60 bits per heavy atom. The molecule has 130 valence electrons. The Kier molecular flexibility index (Phi) is 4.48. The number of hydrogen-bond donors (Lipinski definition) is 2. The minimum Gasteiger partial charge on any atom is -0.326 e. The lowest BCUT2D eigenvalue weighted by atomic mass is 10.1. The molecule has 1 aliphatic carbocycles. The molecule has 2 aromatic carbocycles. The van der Waals surface area contributed by atoms with Gasteiger partial charge in [-0.2, -0.15) is 13.2 Å². The average molecular weight is 348 g/mol. The fraction of sp³-hybridized carbons (Fsp3) is 0.222. The van der Waals surface area contributed by atoms with Gasteiger partial charge < -0.3 is 10.6 Å². The van der Waals surface area contributed by atoms with Crippen molar-refractivity contribution in [2.45, 2.75) is 19.0 Å². The van der Waals surface area contributed by atoms with Gasteiger partial charge in [-0.1, -0.05) is 6.07 Å². The van der Waals surface area contributed by atoms with Gasteiger partial charge in [0.05, 0.1) is 5.56 Å². The highest BCUT2D eigenvalue weighted by atomic mass is 19.4. The van der Waals surface area contributed by atoms with Crippen LogP contribution in [0.15, 0.2) is 48.5 Å². The molecule has 1 saturated carbocycles. The first-order valence-corrected chi connectivity index (χ1v) is 7.72. The van der Waals surface area contributed by atoms with Crippen molar-refractivity contribution in [1.29, 1.82) is 0 Å². The van der Waals surface area contributed by atoms with E-state index in [1.165, 1.54) is 24.3 Å². The number of hydrogen-bond acceptors (Lipinski definition) is 2. The van der Waals surface area contributed by atoms with Crippen LogP contribution in [-0.2, 0) is 11.0 Å². The maximum Gasteiger partial charge on any atom is 0.416 e. The molecule has 0 aromatic heterocycles. The van der Waals surface area contributed by atoms with E-state index in [9.17, 15) is 22.8 Å². The fourth-order valence-corrected chi connectivity index (χ4v) is 2.27. The number of carbonyl (C=O) groups excluding carboxylic acids is 2. The SMILES string of the molecule is O=C(Nc1cccc(C(F)(F)F)c1)c1ccc(NC(=O)C2CC2)cc1. The largest absolute Gasteiger partial charge is 0.416 e. The van der Waals surface area contributed by atoms with Crippen molar-refractivity contribution < 1.29 is 22.8 Å². The van der Waals surface area contributed by atoms with Crippen molar-refractivity contribution in [3.05, 3.63) is 59.7 Å². The topological polar surface area (TPSA) is 58.2 Å². The van der Waals surface area contributed by atoms with E-state index < -0.39 is 17.6 Å². The highest BCUT2D eigenvalue weighted by Crippen LogP contribution is 2.31. The van der Waals surface area contributed by atoms with Crippen molar-refractivity contribution in [2.24, 2.45) is 5.92 Å². The molecule has 7 heteroatoms. The quantitative estimate of drug-likeness (QED) is 0.865. The van der Waals surface area contributed by atoms with Gasteiger partial charge in [0.25, 0.3) is 5.91 Å². The molecular formula is C18H15F3N2O2.